The number of hydrogen-bond acceptors (Lipinski definition) is 4. The van der Waals surface area contributed by atoms with Crippen molar-refractivity contribution < 1.29 is 17.9 Å². The molecule has 2 rings (SSSR count). The van der Waals surface area contributed by atoms with Gasteiger partial charge in [-0.3, -0.25) is 9.52 Å². The second-order valence-electron chi connectivity index (χ2n) is 5.41. The van der Waals surface area contributed by atoms with Gasteiger partial charge in [-0.15, -0.1) is 0 Å². The van der Waals surface area contributed by atoms with Crippen molar-refractivity contribution in [2.24, 2.45) is 0 Å². The fraction of sp³-hybridized carbons (Fsp3) is 0.235. The zero-order chi connectivity index (χ0) is 18.4. The molecule has 0 aromatic heterocycles. The molecule has 2 N–H and O–H groups in total. The SMILES string of the molecule is COCCC(=O)Nc1cccc(S(=O)(=O)Nc2cc(C)ccc2I)c1. The van der Waals surface area contributed by atoms with Crippen LogP contribution in [0.3, 0.4) is 0 Å². The quantitative estimate of drug-likeness (QED) is 0.603. The van der Waals surface area contributed by atoms with E-state index in [4.69, 9.17) is 4.74 Å². The van der Waals surface area contributed by atoms with Crippen LogP contribution in [0.25, 0.3) is 0 Å². The summed E-state index contributed by atoms with van der Waals surface area (Å²) in [5.74, 6) is -0.238. The molecule has 0 aliphatic carbocycles. The maximum absolute atomic E-state index is 12.6. The molecule has 0 unspecified atom stereocenters. The Morgan fingerprint density at radius 2 is 1.96 bits per heavy atom. The van der Waals surface area contributed by atoms with Crippen LogP contribution >= 0.6 is 22.6 Å². The van der Waals surface area contributed by atoms with E-state index in [9.17, 15) is 13.2 Å². The molecular formula is C17H19IN2O4S. The summed E-state index contributed by atoms with van der Waals surface area (Å²) in [7, 11) is -2.25. The minimum Gasteiger partial charge on any atom is -0.384 e. The average molecular weight is 474 g/mol. The maximum atomic E-state index is 12.6. The third-order valence-electron chi connectivity index (χ3n) is 3.33. The first-order valence-electron chi connectivity index (χ1n) is 7.49. The first kappa shape index (κ1) is 19.7. The normalized spacial score (nSPS) is 11.2. The summed E-state index contributed by atoms with van der Waals surface area (Å²) < 4.78 is 33.5. The molecule has 0 fully saturated rings. The number of benzene rings is 2. The van der Waals surface area contributed by atoms with Gasteiger partial charge < -0.3 is 10.1 Å². The topological polar surface area (TPSA) is 84.5 Å². The highest BCUT2D eigenvalue weighted by molar-refractivity contribution is 14.1. The van der Waals surface area contributed by atoms with Crippen molar-refractivity contribution in [2.45, 2.75) is 18.2 Å². The summed E-state index contributed by atoms with van der Waals surface area (Å²) in [6, 6.07) is 11.7. The van der Waals surface area contributed by atoms with E-state index in [-0.39, 0.29) is 17.2 Å². The van der Waals surface area contributed by atoms with Crippen LogP contribution in [0.15, 0.2) is 47.4 Å². The van der Waals surface area contributed by atoms with Crippen molar-refractivity contribution in [2.75, 3.05) is 23.8 Å². The molecule has 0 bridgehead atoms. The highest BCUT2D eigenvalue weighted by Gasteiger charge is 2.16. The Morgan fingerprint density at radius 3 is 2.68 bits per heavy atom. The van der Waals surface area contributed by atoms with E-state index < -0.39 is 10.0 Å². The number of amides is 1. The molecular weight excluding hydrogens is 455 g/mol. The van der Waals surface area contributed by atoms with Gasteiger partial charge in [0.25, 0.3) is 10.0 Å². The number of rotatable bonds is 7. The standard InChI is InChI=1S/C17H19IN2O4S/c1-12-6-7-15(18)16(10-12)20-25(22,23)14-5-3-4-13(11-14)19-17(21)8-9-24-2/h3-7,10-11,20H,8-9H2,1-2H3,(H,19,21). The lowest BCUT2D eigenvalue weighted by Crippen LogP contribution is -2.16. The lowest BCUT2D eigenvalue weighted by molar-refractivity contribution is -0.117. The highest BCUT2D eigenvalue weighted by Crippen LogP contribution is 2.24. The Balaban J connectivity index is 2.20. The Morgan fingerprint density at radius 1 is 1.20 bits per heavy atom. The van der Waals surface area contributed by atoms with E-state index in [2.05, 4.69) is 32.6 Å². The van der Waals surface area contributed by atoms with Gasteiger partial charge >= 0.3 is 0 Å². The molecule has 0 saturated carbocycles. The van der Waals surface area contributed by atoms with Crippen LogP contribution in [0, 0.1) is 10.5 Å². The minimum atomic E-state index is -3.76. The molecule has 2 aromatic carbocycles. The zero-order valence-electron chi connectivity index (χ0n) is 13.9. The van der Waals surface area contributed by atoms with E-state index in [1.165, 1.54) is 19.2 Å². The molecule has 0 saturated heterocycles. The van der Waals surface area contributed by atoms with Crippen molar-refractivity contribution >= 4 is 49.9 Å². The Bertz CT molecular complexity index is 869. The number of anilines is 2. The molecule has 0 aliphatic heterocycles. The molecule has 6 nitrogen and oxygen atoms in total. The van der Waals surface area contributed by atoms with E-state index in [0.717, 1.165) is 9.13 Å². The molecule has 0 radical (unpaired) electrons. The molecule has 2 aromatic rings. The van der Waals surface area contributed by atoms with Crippen LogP contribution in [-0.4, -0.2) is 28.0 Å². The van der Waals surface area contributed by atoms with Crippen molar-refractivity contribution in [1.29, 1.82) is 0 Å². The predicted molar refractivity (Wildman–Crippen MR) is 106 cm³/mol. The second kappa shape index (κ2) is 8.63. The fourth-order valence-corrected chi connectivity index (χ4v) is 3.85. The molecule has 8 heteroatoms. The van der Waals surface area contributed by atoms with E-state index >= 15 is 0 Å². The van der Waals surface area contributed by atoms with Crippen LogP contribution in [0.1, 0.15) is 12.0 Å². The van der Waals surface area contributed by atoms with Crippen LogP contribution in [-0.2, 0) is 19.6 Å². The number of carbonyl (C=O) groups excluding carboxylic acids is 1. The Hall–Kier alpha value is -1.65. The summed E-state index contributed by atoms with van der Waals surface area (Å²) in [6.07, 6.45) is 0.202. The van der Waals surface area contributed by atoms with Crippen LogP contribution in [0.2, 0.25) is 0 Å². The van der Waals surface area contributed by atoms with Crippen LogP contribution in [0.4, 0.5) is 11.4 Å². The molecule has 0 spiro atoms. The number of nitrogens with one attached hydrogen (secondary N) is 2. The number of aryl methyl sites for hydroxylation is 1. The molecule has 0 atom stereocenters. The summed E-state index contributed by atoms with van der Waals surface area (Å²) in [5, 5.41) is 2.66. The molecule has 134 valence electrons. The molecule has 0 heterocycles. The van der Waals surface area contributed by atoms with E-state index in [0.29, 0.717) is 18.0 Å². The van der Waals surface area contributed by atoms with Gasteiger partial charge in [0.2, 0.25) is 5.91 Å². The van der Waals surface area contributed by atoms with Gasteiger partial charge in [0.15, 0.2) is 0 Å². The third kappa shape index (κ3) is 5.68. The first-order chi connectivity index (χ1) is 11.8. The average Bonchev–Trinajstić information content (AvgIpc) is 2.56. The number of hydrogen-bond donors (Lipinski definition) is 2. The van der Waals surface area contributed by atoms with Gasteiger partial charge in [0, 0.05) is 16.4 Å². The third-order valence-corrected chi connectivity index (χ3v) is 5.63. The van der Waals surface area contributed by atoms with Gasteiger partial charge in [0.05, 0.1) is 23.6 Å². The molecule has 1 amide bonds. The lowest BCUT2D eigenvalue weighted by atomic mass is 10.2. The number of methoxy groups -OCH3 is 1. The number of sulfonamides is 1. The summed E-state index contributed by atoms with van der Waals surface area (Å²) in [5.41, 5.74) is 1.90. The van der Waals surface area contributed by atoms with Crippen molar-refractivity contribution in [3.05, 3.63) is 51.6 Å². The zero-order valence-corrected chi connectivity index (χ0v) is 16.8. The summed E-state index contributed by atoms with van der Waals surface area (Å²) >= 11 is 2.08. The second-order valence-corrected chi connectivity index (χ2v) is 8.25. The van der Waals surface area contributed by atoms with Gasteiger partial charge in [-0.25, -0.2) is 8.42 Å². The molecule has 0 aliphatic rings. The van der Waals surface area contributed by atoms with Gasteiger partial charge in [-0.1, -0.05) is 12.1 Å². The lowest BCUT2D eigenvalue weighted by Gasteiger charge is -2.12. The van der Waals surface area contributed by atoms with Crippen molar-refractivity contribution in [3.8, 4) is 0 Å². The predicted octanol–water partition coefficient (Wildman–Crippen LogP) is 3.38. The number of ether oxygens (including phenoxy) is 1. The maximum Gasteiger partial charge on any atom is 0.262 e. The smallest absolute Gasteiger partial charge is 0.262 e. The minimum absolute atomic E-state index is 0.0781. The van der Waals surface area contributed by atoms with Crippen LogP contribution < -0.4 is 10.0 Å². The molecule has 25 heavy (non-hydrogen) atoms. The highest BCUT2D eigenvalue weighted by atomic mass is 127. The number of carbonyl (C=O) groups is 1. The summed E-state index contributed by atoms with van der Waals surface area (Å²) in [6.45, 7) is 2.20. The monoisotopic (exact) mass is 474 g/mol. The fourth-order valence-electron chi connectivity index (χ4n) is 2.08. The van der Waals surface area contributed by atoms with E-state index in [1.54, 1.807) is 18.2 Å². The van der Waals surface area contributed by atoms with Crippen LogP contribution in [0.5, 0.6) is 0 Å². The summed E-state index contributed by atoms with van der Waals surface area (Å²) in [4.78, 5) is 11.8. The van der Waals surface area contributed by atoms with Gasteiger partial charge in [-0.2, -0.15) is 0 Å². The largest absolute Gasteiger partial charge is 0.384 e. The van der Waals surface area contributed by atoms with Crippen molar-refractivity contribution in [3.63, 3.8) is 0 Å². The van der Waals surface area contributed by atoms with E-state index in [1.807, 2.05) is 19.1 Å². The number of halogens is 1. The van der Waals surface area contributed by atoms with Gasteiger partial charge in [-0.05, 0) is 65.4 Å². The Labute approximate surface area is 161 Å². The van der Waals surface area contributed by atoms with Crippen molar-refractivity contribution in [1.82, 2.24) is 0 Å². The first-order valence-corrected chi connectivity index (χ1v) is 10.1. The van der Waals surface area contributed by atoms with Gasteiger partial charge in [0.1, 0.15) is 0 Å². The Kier molecular flexibility index (Phi) is 6.79.